The molecule has 1 aliphatic heterocycles. The van der Waals surface area contributed by atoms with Crippen molar-refractivity contribution in [3.63, 3.8) is 0 Å². The average Bonchev–Trinajstić information content (AvgIpc) is 0.830. The van der Waals surface area contributed by atoms with Gasteiger partial charge >= 0.3 is 23.9 Å². The van der Waals surface area contributed by atoms with Gasteiger partial charge in [0.2, 0.25) is 53.2 Å². The Morgan fingerprint density at radius 2 is 1.31 bits per heavy atom. The van der Waals surface area contributed by atoms with E-state index in [1.54, 1.807) is 103 Å². The van der Waals surface area contributed by atoms with E-state index in [1.807, 2.05) is 115 Å². The zero-order valence-electron chi connectivity index (χ0n) is 78.8. The molecular weight excluding hydrogens is 1630 g/mol. The first-order valence-electron chi connectivity index (χ1n) is 43.0. The lowest BCUT2D eigenvalue weighted by atomic mass is 9.84. The molecule has 31 heteroatoms. The molecule has 0 saturated carbocycles. The van der Waals surface area contributed by atoms with E-state index < -0.39 is 162 Å². The molecule has 2 aromatic rings. The molecule has 0 spiro atoms. The fraction of sp³-hybridized carbons (Fsp3) is 0.634. The van der Waals surface area contributed by atoms with Crippen LogP contribution in [0.5, 0.6) is 0 Å². The predicted molar refractivity (Wildman–Crippen MR) is 482 cm³/mol. The molecule has 0 aromatic heterocycles. The average molecular weight is 1780 g/mol. The second kappa shape index (κ2) is 51.2. The highest BCUT2D eigenvalue weighted by Crippen LogP contribution is 2.31. The van der Waals surface area contributed by atoms with Gasteiger partial charge in [0.05, 0.1) is 13.1 Å². The van der Waals surface area contributed by atoms with E-state index in [2.05, 4.69) is 26.6 Å². The Kier molecular flexibility index (Phi) is 45.7. The number of carbonyl (C=O) groups excluding carboxylic acids is 13. The van der Waals surface area contributed by atoms with Crippen molar-refractivity contribution in [2.75, 3.05) is 48.3 Å². The Balaban J connectivity index is 0.000000840. The summed E-state index contributed by atoms with van der Waals surface area (Å²) in [6, 6.07) is 5.78. The third-order valence-electron chi connectivity index (χ3n) is 23.2. The predicted octanol–water partition coefficient (Wildman–Crippen LogP) is 10.9. The number of aliphatic carboxylic acids is 1. The van der Waals surface area contributed by atoms with Gasteiger partial charge in [-0.15, -0.1) is 0 Å². The molecule has 10 amide bonds. The van der Waals surface area contributed by atoms with Crippen LogP contribution in [0.15, 0.2) is 95.1 Å². The van der Waals surface area contributed by atoms with Crippen LogP contribution >= 0.6 is 23.2 Å². The molecule has 16 atom stereocenters. The summed E-state index contributed by atoms with van der Waals surface area (Å²) in [5.74, 6) is -10.2. The summed E-state index contributed by atoms with van der Waals surface area (Å²) in [6.07, 6.45) is 7.36. The number of hydrogen-bond acceptors (Lipinski definition) is 18. The molecule has 8 N–H and O–H groups in total. The van der Waals surface area contributed by atoms with Crippen LogP contribution in [0.3, 0.4) is 0 Å². The van der Waals surface area contributed by atoms with Gasteiger partial charge in [0, 0.05) is 69.3 Å². The molecule has 0 saturated heterocycles. The quantitative estimate of drug-likeness (QED) is 0.0160. The fourth-order valence-electron chi connectivity index (χ4n) is 13.7. The van der Waals surface area contributed by atoms with Gasteiger partial charge in [-0.25, -0.2) is 14.4 Å². The van der Waals surface area contributed by atoms with Crippen molar-refractivity contribution in [3.05, 3.63) is 116 Å². The molecule has 1 aliphatic rings. The smallest absolute Gasteiger partial charge is 0.334 e. The van der Waals surface area contributed by atoms with Crippen LogP contribution in [0.25, 0.3) is 0 Å². The van der Waals surface area contributed by atoms with E-state index in [0.29, 0.717) is 58.8 Å². The monoisotopic (exact) mass is 1770 g/mol. The third kappa shape index (κ3) is 34.5. The first-order chi connectivity index (χ1) is 57.4. The molecule has 2 aromatic carbocycles. The number of rotatable bonds is 31. The number of cyclic esters (lactones) is 2. The van der Waals surface area contributed by atoms with Crippen LogP contribution in [0.1, 0.15) is 216 Å². The number of amides is 10. The highest BCUT2D eigenvalue weighted by molar-refractivity contribution is 6.30. The fourth-order valence-corrected chi connectivity index (χ4v) is 13.9. The number of hydrogen-bond donors (Lipinski definition) is 7. The zero-order valence-corrected chi connectivity index (χ0v) is 80.4. The van der Waals surface area contributed by atoms with Crippen molar-refractivity contribution < 1.29 is 86.4 Å². The number of likely N-dealkylation sites (N-methyl/N-ethyl adjacent to an activating group) is 5. The number of carbonyl (C=O) groups is 14. The number of halogens is 2. The first-order valence-corrected chi connectivity index (χ1v) is 43.7. The van der Waals surface area contributed by atoms with Crippen LogP contribution in [0.4, 0.5) is 0 Å². The van der Waals surface area contributed by atoms with E-state index >= 15 is 0 Å². The number of nitrogens with two attached hydrogens (primary N) is 1. The molecule has 1 heterocycles. The van der Waals surface area contributed by atoms with Crippen LogP contribution in [0, 0.1) is 47.3 Å². The van der Waals surface area contributed by atoms with E-state index in [9.17, 15) is 72.2 Å². The lowest BCUT2D eigenvalue weighted by molar-refractivity contribution is -0.159. The van der Waals surface area contributed by atoms with Crippen LogP contribution in [0.2, 0.25) is 10.0 Å². The third-order valence-corrected chi connectivity index (χ3v) is 23.7. The molecular formula is C93H145Cl2N11O18. The number of nitrogens with zero attached hydrogens (tertiary/aromatic N) is 5. The molecule has 0 bridgehead atoms. The van der Waals surface area contributed by atoms with Crippen molar-refractivity contribution in [3.8, 4) is 0 Å². The largest absolute Gasteiger partial charge is 0.480 e. The summed E-state index contributed by atoms with van der Waals surface area (Å²) in [6.45, 7) is 41.7. The van der Waals surface area contributed by atoms with Crippen molar-refractivity contribution >= 4 is 106 Å². The Bertz CT molecular complexity index is 4120. The molecule has 0 fully saturated rings. The summed E-state index contributed by atoms with van der Waals surface area (Å²) >= 11 is 12.2. The second-order valence-corrected chi connectivity index (χ2v) is 36.6. The minimum atomic E-state index is -1.51. The van der Waals surface area contributed by atoms with Crippen LogP contribution < -0.4 is 32.3 Å². The van der Waals surface area contributed by atoms with Gasteiger partial charge in [0.15, 0.2) is 6.10 Å². The van der Waals surface area contributed by atoms with E-state index in [4.69, 9.17) is 43.1 Å². The Labute approximate surface area is 746 Å². The highest BCUT2D eigenvalue weighted by atomic mass is 35.5. The van der Waals surface area contributed by atoms with E-state index in [1.165, 1.54) is 75.5 Å². The molecule has 2 unspecified atom stereocenters. The molecule has 124 heavy (non-hydrogen) atoms. The molecule has 29 nitrogen and oxygen atoms in total. The Hall–Kier alpha value is -9.48. The van der Waals surface area contributed by atoms with E-state index in [-0.39, 0.29) is 78.1 Å². The maximum Gasteiger partial charge on any atom is 0.334 e. The maximum atomic E-state index is 14.2. The SMILES string of the molecule is C/C=C(\C)[C@@H](OC(=O)C(C)(C)N)[C@@H](C)[C@@H](C)C/C=C(\C)C(=O)N(C)[C@H](CC(C)C)C(=O)N[C@@H](C)C(=O)N(C)[C@H](Cc1ccc(Cl)cc1)C(=O)N(C)CC(=O)NC(C(=O)O)[C@@H](C)CC.C/C=C(\C)[C@H]1OC(=O)C(C)(C)NC(=O)C([C@@H](C)CC)NC(=O)CN(C)C(=O)[C@@H](Cc2ccc(Cl)cc2)N(C)C(=O)[C@H](C)NC(=O)[C@@H](CC(C)C)OC(=O)/C(C)=C/C[C@H](C)[C@@H]1C. The molecule has 3 rings (SSSR count). The number of esters is 3. The van der Waals surface area contributed by atoms with Gasteiger partial charge in [-0.2, -0.15) is 0 Å². The van der Waals surface area contributed by atoms with Crippen molar-refractivity contribution in [2.24, 2.45) is 53.1 Å². The number of carboxylic acids is 1. The molecule has 0 radical (unpaired) electrons. The zero-order chi connectivity index (χ0) is 95.2. The summed E-state index contributed by atoms with van der Waals surface area (Å²) < 4.78 is 17.7. The first kappa shape index (κ1) is 111. The number of nitrogens with one attached hydrogen (secondary N) is 5. The van der Waals surface area contributed by atoms with Gasteiger partial charge in [0.25, 0.3) is 5.91 Å². The van der Waals surface area contributed by atoms with Crippen LogP contribution in [-0.2, 0) is 94.2 Å². The minimum absolute atomic E-state index is 0.00656. The topological polar surface area (TPSA) is 389 Å². The number of allylic oxidation sites excluding steroid dienone is 4. The van der Waals surface area contributed by atoms with E-state index in [0.717, 1.165) is 16.0 Å². The summed E-state index contributed by atoms with van der Waals surface area (Å²) in [7, 11) is 7.22. The number of carboxylic acid groups (broad SMARTS) is 1. The normalized spacial score (nSPS) is 21.9. The van der Waals surface area contributed by atoms with Crippen LogP contribution in [-0.4, -0.2) is 233 Å². The number of benzene rings is 2. The standard InChI is InChI=1S/C47H75ClN6O9.C46H70ClN5O9/c1-16-28(5)39(45(60)61)51-38(55)26-52(13)44(59)37(25-34-20-22-35(48)23-21-34)54(15)43(58)33(10)50-41(56)36(24-27(3)4)53(14)42(57)31(8)19-18-30(7)32(9)40(29(6)17-2)63-46(62)47(11,12)49;1-15-27(5)38-41(55)50-46(11,12)45(59)61-39(28(6)16-2)31(9)29(7)17-18-30(8)44(58)60-36(23-26(3)4)40(54)48-32(10)42(56)52(14)35(24-33-19-21-34(47)22-20-33)43(57)51(13)25-37(53)49-38/h17,19-23,27-28,30,32-33,36-37,39-40H,16,18,24-26,49H2,1-15H3,(H,50,56)(H,51,55)(H,60,61);16,18-22,26-27,29,31-32,35-36,38-39H,15,17,23-25H2,1-14H3,(H,48,54)(H,49,53)(H,50,55)/b29-17+,31-19+;28-16+,30-18+/t28-,30-,32-,33-,36+,37+,39?,40+;27-,29-,31-,32-,35+,36+,38?,39+/m00/s1. The Morgan fingerprint density at radius 3 is 1.81 bits per heavy atom. The minimum Gasteiger partial charge on any atom is -0.480 e. The Morgan fingerprint density at radius 1 is 0.742 bits per heavy atom. The number of ether oxygens (including phenoxy) is 3. The molecule has 0 aliphatic carbocycles. The summed E-state index contributed by atoms with van der Waals surface area (Å²) in [5, 5.41) is 24.1. The lowest BCUT2D eigenvalue weighted by Gasteiger charge is -2.34. The van der Waals surface area contributed by atoms with Crippen molar-refractivity contribution in [2.45, 2.75) is 289 Å². The van der Waals surface area contributed by atoms with Gasteiger partial charge in [-0.1, -0.05) is 168 Å². The summed E-state index contributed by atoms with van der Waals surface area (Å²) in [4.78, 5) is 196. The second-order valence-electron chi connectivity index (χ2n) is 35.7. The lowest BCUT2D eigenvalue weighted by Crippen LogP contribution is -2.60. The molecule has 694 valence electrons. The highest BCUT2D eigenvalue weighted by Gasteiger charge is 2.43. The van der Waals surface area contributed by atoms with Gasteiger partial charge in [-0.05, 0) is 203 Å². The maximum absolute atomic E-state index is 14.2. The van der Waals surface area contributed by atoms with Crippen molar-refractivity contribution in [1.29, 1.82) is 0 Å². The summed E-state index contributed by atoms with van der Waals surface area (Å²) in [5.41, 5.74) is 7.05. The van der Waals surface area contributed by atoms with Crippen molar-refractivity contribution in [1.82, 2.24) is 51.1 Å². The van der Waals surface area contributed by atoms with Gasteiger partial charge in [0.1, 0.15) is 65.6 Å². The van der Waals surface area contributed by atoms with Gasteiger partial charge in [-0.3, -0.25) is 52.7 Å². The van der Waals surface area contributed by atoms with Gasteiger partial charge < -0.3 is 76.1 Å².